The normalized spacial score (nSPS) is 15.8. The molecular weight excluding hydrogens is 218 g/mol. The third-order valence-electron chi connectivity index (χ3n) is 2.70. The van der Waals surface area contributed by atoms with E-state index in [0.29, 0.717) is 5.75 Å². The van der Waals surface area contributed by atoms with Gasteiger partial charge in [0.1, 0.15) is 0 Å². The Morgan fingerprint density at radius 3 is 2.50 bits per heavy atom. The number of hydrogen-bond acceptors (Lipinski definition) is 2. The van der Waals surface area contributed by atoms with Gasteiger partial charge in [0.25, 0.3) is 0 Å². The monoisotopic (exact) mass is 239 g/mol. The second-order valence-corrected chi connectivity index (χ2v) is 6.80. The molecule has 2 nitrogen and oxygen atoms in total. The third-order valence-corrected chi connectivity index (χ3v) is 4.14. The van der Waals surface area contributed by atoms with Crippen molar-refractivity contribution in [2.45, 2.75) is 38.6 Å². The summed E-state index contributed by atoms with van der Waals surface area (Å²) < 4.78 is 12.1. The highest BCUT2D eigenvalue weighted by atomic mass is 32.2. The van der Waals surface area contributed by atoms with E-state index in [0.717, 1.165) is 10.5 Å². The summed E-state index contributed by atoms with van der Waals surface area (Å²) in [4.78, 5) is 0.875. The van der Waals surface area contributed by atoms with E-state index >= 15 is 0 Å². The van der Waals surface area contributed by atoms with Crippen LogP contribution in [0.4, 0.5) is 0 Å². The van der Waals surface area contributed by atoms with Crippen LogP contribution in [0.1, 0.15) is 26.3 Å². The Balaban J connectivity index is 2.74. The van der Waals surface area contributed by atoms with Gasteiger partial charge in [-0.15, -0.1) is 0 Å². The Morgan fingerprint density at radius 1 is 1.38 bits per heavy atom. The van der Waals surface area contributed by atoms with Crippen LogP contribution in [0.5, 0.6) is 0 Å². The molecule has 1 aromatic carbocycles. The fourth-order valence-electron chi connectivity index (χ4n) is 1.27. The Bertz CT molecular complexity index is 382. The average Bonchev–Trinajstić information content (AvgIpc) is 2.16. The molecule has 2 unspecified atom stereocenters. The topological polar surface area (TPSA) is 43.1 Å². The molecule has 0 fully saturated rings. The molecule has 0 amide bonds. The van der Waals surface area contributed by atoms with E-state index in [1.807, 2.05) is 31.2 Å². The summed E-state index contributed by atoms with van der Waals surface area (Å²) >= 11 is 0. The summed E-state index contributed by atoms with van der Waals surface area (Å²) in [7, 11) is -0.995. The van der Waals surface area contributed by atoms with Crippen LogP contribution in [-0.2, 0) is 10.8 Å². The quantitative estimate of drug-likeness (QED) is 0.880. The van der Waals surface area contributed by atoms with Crippen LogP contribution >= 0.6 is 0 Å². The summed E-state index contributed by atoms with van der Waals surface area (Å²) in [6, 6.07) is 7.76. The van der Waals surface area contributed by atoms with Gasteiger partial charge in [0.15, 0.2) is 0 Å². The molecule has 0 radical (unpaired) electrons. The van der Waals surface area contributed by atoms with E-state index < -0.39 is 10.8 Å². The van der Waals surface area contributed by atoms with Crippen molar-refractivity contribution in [2.75, 3.05) is 5.75 Å². The van der Waals surface area contributed by atoms with Gasteiger partial charge in [0.05, 0.1) is 10.8 Å². The van der Waals surface area contributed by atoms with Gasteiger partial charge >= 0.3 is 0 Å². The van der Waals surface area contributed by atoms with Crippen LogP contribution in [0.3, 0.4) is 0 Å². The first-order chi connectivity index (χ1) is 7.30. The maximum atomic E-state index is 12.1. The number of benzene rings is 1. The highest BCUT2D eigenvalue weighted by molar-refractivity contribution is 7.85. The molecule has 90 valence electrons. The van der Waals surface area contributed by atoms with Crippen LogP contribution in [-0.4, -0.2) is 16.0 Å². The van der Waals surface area contributed by atoms with Crippen molar-refractivity contribution in [1.82, 2.24) is 0 Å². The summed E-state index contributed by atoms with van der Waals surface area (Å²) in [5.74, 6) is 0.521. The van der Waals surface area contributed by atoms with Gasteiger partial charge in [-0.05, 0) is 30.0 Å². The molecule has 0 saturated carbocycles. The van der Waals surface area contributed by atoms with E-state index in [1.165, 1.54) is 0 Å². The molecule has 2 atom stereocenters. The maximum absolute atomic E-state index is 12.1. The minimum atomic E-state index is -0.995. The van der Waals surface area contributed by atoms with Gasteiger partial charge in [-0.3, -0.25) is 4.21 Å². The predicted molar refractivity (Wildman–Crippen MR) is 69.9 cm³/mol. The molecule has 0 heterocycles. The van der Waals surface area contributed by atoms with Crippen LogP contribution < -0.4 is 5.73 Å². The highest BCUT2D eigenvalue weighted by Crippen LogP contribution is 2.20. The van der Waals surface area contributed by atoms with Gasteiger partial charge in [0.2, 0.25) is 0 Å². The summed E-state index contributed by atoms with van der Waals surface area (Å²) in [6.45, 7) is 8.23. The Morgan fingerprint density at radius 2 is 2.00 bits per heavy atom. The molecule has 0 bridgehead atoms. The lowest BCUT2D eigenvalue weighted by atomic mass is 9.89. The number of aryl methyl sites for hydroxylation is 1. The predicted octanol–water partition coefficient (Wildman–Crippen LogP) is 2.48. The number of rotatable bonds is 3. The van der Waals surface area contributed by atoms with Crippen LogP contribution in [0.15, 0.2) is 29.2 Å². The molecule has 0 spiro atoms. The van der Waals surface area contributed by atoms with Crippen molar-refractivity contribution in [1.29, 1.82) is 0 Å². The van der Waals surface area contributed by atoms with E-state index in [2.05, 4.69) is 20.8 Å². The fraction of sp³-hybridized carbons (Fsp3) is 0.538. The second-order valence-electron chi connectivity index (χ2n) is 5.30. The summed E-state index contributed by atoms with van der Waals surface area (Å²) in [6.07, 6.45) is 0. The number of hydrogen-bond donors (Lipinski definition) is 1. The zero-order valence-corrected chi connectivity index (χ0v) is 11.3. The average molecular weight is 239 g/mol. The molecule has 0 aliphatic heterocycles. The van der Waals surface area contributed by atoms with Gasteiger partial charge in [-0.1, -0.05) is 32.9 Å². The van der Waals surface area contributed by atoms with Gasteiger partial charge in [0, 0.05) is 16.7 Å². The lowest BCUT2D eigenvalue weighted by Crippen LogP contribution is -2.39. The Kier molecular flexibility index (Phi) is 4.28. The van der Waals surface area contributed by atoms with Crippen LogP contribution in [0.25, 0.3) is 0 Å². The van der Waals surface area contributed by atoms with E-state index in [-0.39, 0.29) is 11.5 Å². The van der Waals surface area contributed by atoms with E-state index in [4.69, 9.17) is 5.73 Å². The zero-order valence-electron chi connectivity index (χ0n) is 10.5. The first-order valence-corrected chi connectivity index (χ1v) is 6.83. The van der Waals surface area contributed by atoms with Crippen molar-refractivity contribution in [3.63, 3.8) is 0 Å². The van der Waals surface area contributed by atoms with E-state index in [1.54, 1.807) is 0 Å². The van der Waals surface area contributed by atoms with E-state index in [9.17, 15) is 4.21 Å². The lowest BCUT2D eigenvalue weighted by molar-refractivity contribution is 0.342. The largest absolute Gasteiger partial charge is 0.326 e. The molecule has 0 aromatic heterocycles. The first-order valence-electron chi connectivity index (χ1n) is 5.51. The Labute approximate surface area is 101 Å². The third kappa shape index (κ3) is 3.72. The molecule has 3 heteroatoms. The molecular formula is C13H21NOS. The highest BCUT2D eigenvalue weighted by Gasteiger charge is 2.23. The Hall–Kier alpha value is -0.670. The minimum Gasteiger partial charge on any atom is -0.326 e. The van der Waals surface area contributed by atoms with Crippen LogP contribution in [0, 0.1) is 12.3 Å². The van der Waals surface area contributed by atoms with Crippen molar-refractivity contribution in [3.8, 4) is 0 Å². The fourth-order valence-corrected chi connectivity index (χ4v) is 2.83. The molecule has 0 aliphatic carbocycles. The SMILES string of the molecule is Cc1cccc(S(=O)CC(N)C(C)(C)C)c1. The van der Waals surface area contributed by atoms with Crippen molar-refractivity contribution >= 4 is 10.8 Å². The maximum Gasteiger partial charge on any atom is 0.0545 e. The molecule has 0 saturated heterocycles. The zero-order chi connectivity index (χ0) is 12.3. The minimum absolute atomic E-state index is 0.000511. The summed E-state index contributed by atoms with van der Waals surface area (Å²) in [5, 5.41) is 0. The standard InChI is InChI=1S/C13H21NOS/c1-10-6-5-7-11(8-10)16(15)9-12(14)13(2,3)4/h5-8,12H,9,14H2,1-4H3. The van der Waals surface area contributed by atoms with Gasteiger partial charge in [-0.25, -0.2) is 0 Å². The second kappa shape index (κ2) is 5.11. The molecule has 0 aliphatic rings. The molecule has 1 rings (SSSR count). The molecule has 1 aromatic rings. The van der Waals surface area contributed by atoms with Crippen molar-refractivity contribution in [3.05, 3.63) is 29.8 Å². The lowest BCUT2D eigenvalue weighted by Gasteiger charge is -2.26. The van der Waals surface area contributed by atoms with Gasteiger partial charge in [-0.2, -0.15) is 0 Å². The first kappa shape index (κ1) is 13.4. The molecule has 16 heavy (non-hydrogen) atoms. The van der Waals surface area contributed by atoms with Crippen molar-refractivity contribution < 1.29 is 4.21 Å². The smallest absolute Gasteiger partial charge is 0.0545 e. The van der Waals surface area contributed by atoms with Crippen LogP contribution in [0.2, 0.25) is 0 Å². The van der Waals surface area contributed by atoms with Crippen molar-refractivity contribution in [2.24, 2.45) is 11.1 Å². The van der Waals surface area contributed by atoms with Gasteiger partial charge < -0.3 is 5.73 Å². The molecule has 2 N–H and O–H groups in total. The summed E-state index contributed by atoms with van der Waals surface area (Å²) in [5.41, 5.74) is 7.17. The number of nitrogens with two attached hydrogens (primary N) is 1.